The van der Waals surface area contributed by atoms with Gasteiger partial charge in [0.05, 0.1) is 16.1 Å². The largest absolute Gasteiger partial charge is 0.378 e. The number of carbonyl (C=O) groups excluding carboxylic acids is 1. The molecule has 16 heteroatoms. The fourth-order valence-electron chi connectivity index (χ4n) is 2.85. The molecule has 1 amide bonds. The van der Waals surface area contributed by atoms with Crippen LogP contribution in [0.25, 0.3) is 17.1 Å². The molecule has 0 radical (unpaired) electrons. The summed E-state index contributed by atoms with van der Waals surface area (Å²) >= 11 is 0. The lowest BCUT2D eigenvalue weighted by atomic mass is 10.1. The van der Waals surface area contributed by atoms with E-state index < -0.39 is 15.8 Å². The molecule has 170 valence electrons. The number of nitrogen functional groups attached to an aromatic ring is 1. The summed E-state index contributed by atoms with van der Waals surface area (Å²) in [5.74, 6) is -1.04. The zero-order valence-electron chi connectivity index (χ0n) is 16.8. The first-order valence-electron chi connectivity index (χ1n) is 9.22. The summed E-state index contributed by atoms with van der Waals surface area (Å²) in [5.41, 5.74) is 8.13. The van der Waals surface area contributed by atoms with E-state index in [0.717, 1.165) is 4.68 Å². The number of benzene rings is 2. The Hall–Kier alpha value is -5.54. The number of nitro benzene ring substituents is 2. The Balaban J connectivity index is 1.67. The molecule has 2 aromatic heterocycles. The van der Waals surface area contributed by atoms with Crippen LogP contribution in [-0.2, 0) is 0 Å². The van der Waals surface area contributed by atoms with Crippen molar-refractivity contribution in [1.29, 1.82) is 0 Å². The van der Waals surface area contributed by atoms with Gasteiger partial charge in [0, 0.05) is 29.8 Å². The Labute approximate surface area is 187 Å². The fraction of sp³-hybridized carbons (Fsp3) is 0. The van der Waals surface area contributed by atoms with Crippen molar-refractivity contribution in [3.8, 4) is 17.1 Å². The Morgan fingerprint density at radius 1 is 1.09 bits per heavy atom. The lowest BCUT2D eigenvalue weighted by molar-refractivity contribution is -0.385. The van der Waals surface area contributed by atoms with Gasteiger partial charge >= 0.3 is 0 Å². The van der Waals surface area contributed by atoms with Crippen LogP contribution in [-0.4, -0.2) is 47.3 Å². The highest BCUT2D eigenvalue weighted by Gasteiger charge is 2.26. The van der Waals surface area contributed by atoms with Gasteiger partial charge in [0.15, 0.2) is 5.69 Å². The van der Waals surface area contributed by atoms with Crippen molar-refractivity contribution in [1.82, 2.24) is 30.7 Å². The second kappa shape index (κ2) is 8.91. The Kier molecular flexibility index (Phi) is 5.68. The second-order valence-corrected chi connectivity index (χ2v) is 6.53. The number of nitrogens with one attached hydrogen (secondary N) is 1. The van der Waals surface area contributed by atoms with E-state index in [1.54, 1.807) is 0 Å². The van der Waals surface area contributed by atoms with Crippen molar-refractivity contribution >= 4 is 29.3 Å². The molecule has 0 unspecified atom stereocenters. The molecule has 0 saturated carbocycles. The van der Waals surface area contributed by atoms with Gasteiger partial charge in [-0.3, -0.25) is 25.0 Å². The van der Waals surface area contributed by atoms with Crippen molar-refractivity contribution in [3.63, 3.8) is 0 Å². The van der Waals surface area contributed by atoms with E-state index in [2.05, 4.69) is 35.8 Å². The molecule has 0 spiro atoms. The third kappa shape index (κ3) is 4.26. The molecule has 4 rings (SSSR count). The highest BCUT2D eigenvalue weighted by Crippen LogP contribution is 2.29. The highest BCUT2D eigenvalue weighted by molar-refractivity contribution is 5.99. The number of aromatic nitrogens is 5. The van der Waals surface area contributed by atoms with Gasteiger partial charge in [-0.2, -0.15) is 9.78 Å². The minimum atomic E-state index is -0.805. The van der Waals surface area contributed by atoms with Crippen LogP contribution in [0.15, 0.2) is 58.3 Å². The lowest BCUT2D eigenvalue weighted by Crippen LogP contribution is -2.19. The SMILES string of the molecule is Nc1nonc1-n1nnc(C(=O)N/N=C\c2ccc([N+](=O)[O-])cc2)c1-c1cccc([N+](=O)[O-])c1. The van der Waals surface area contributed by atoms with Crippen LogP contribution in [0.4, 0.5) is 17.2 Å². The first-order valence-corrected chi connectivity index (χ1v) is 9.22. The van der Waals surface area contributed by atoms with E-state index in [4.69, 9.17) is 5.73 Å². The second-order valence-electron chi connectivity index (χ2n) is 6.53. The minimum Gasteiger partial charge on any atom is -0.378 e. The lowest BCUT2D eigenvalue weighted by Gasteiger charge is -2.05. The Bertz CT molecular complexity index is 1430. The van der Waals surface area contributed by atoms with Gasteiger partial charge in [-0.05, 0) is 28.0 Å². The molecule has 2 aromatic carbocycles. The van der Waals surface area contributed by atoms with Crippen LogP contribution in [0, 0.1) is 20.2 Å². The molecule has 0 bridgehead atoms. The average Bonchev–Trinajstić information content (AvgIpc) is 3.45. The number of nitrogens with two attached hydrogens (primary N) is 1. The number of anilines is 1. The van der Waals surface area contributed by atoms with Crippen LogP contribution in [0.3, 0.4) is 0 Å². The van der Waals surface area contributed by atoms with Crippen LogP contribution < -0.4 is 11.2 Å². The van der Waals surface area contributed by atoms with E-state index >= 15 is 0 Å². The summed E-state index contributed by atoms with van der Waals surface area (Å²) in [4.78, 5) is 33.6. The summed E-state index contributed by atoms with van der Waals surface area (Å²) in [6.07, 6.45) is 1.26. The topological polar surface area (TPSA) is 223 Å². The summed E-state index contributed by atoms with van der Waals surface area (Å²) in [5, 5.41) is 40.5. The Morgan fingerprint density at radius 2 is 1.82 bits per heavy atom. The first kappa shape index (κ1) is 21.7. The number of hydrazone groups is 1. The average molecular weight is 464 g/mol. The molecule has 0 fully saturated rings. The summed E-state index contributed by atoms with van der Waals surface area (Å²) in [6, 6.07) is 10.9. The number of rotatable bonds is 7. The van der Waals surface area contributed by atoms with E-state index in [1.807, 2.05) is 0 Å². The molecule has 16 nitrogen and oxygen atoms in total. The van der Waals surface area contributed by atoms with Crippen molar-refractivity contribution in [2.45, 2.75) is 0 Å². The number of nitro groups is 2. The van der Waals surface area contributed by atoms with E-state index in [0.29, 0.717) is 5.56 Å². The molecule has 0 aliphatic rings. The predicted molar refractivity (Wildman–Crippen MR) is 114 cm³/mol. The zero-order valence-corrected chi connectivity index (χ0v) is 16.8. The van der Waals surface area contributed by atoms with Crippen LogP contribution in [0.2, 0.25) is 0 Å². The number of nitrogens with zero attached hydrogens (tertiary/aromatic N) is 8. The predicted octanol–water partition coefficient (Wildman–Crippen LogP) is 1.48. The van der Waals surface area contributed by atoms with E-state index in [1.165, 1.54) is 54.7 Å². The summed E-state index contributed by atoms with van der Waals surface area (Å²) < 4.78 is 5.63. The normalized spacial score (nSPS) is 10.9. The minimum absolute atomic E-state index is 0.0223. The summed E-state index contributed by atoms with van der Waals surface area (Å²) in [7, 11) is 0. The molecular formula is C18H12N10O6. The van der Waals surface area contributed by atoms with Crippen molar-refractivity contribution in [2.24, 2.45) is 5.10 Å². The van der Waals surface area contributed by atoms with Crippen molar-refractivity contribution in [3.05, 3.63) is 80.0 Å². The Morgan fingerprint density at radius 3 is 2.47 bits per heavy atom. The molecule has 0 atom stereocenters. The number of amides is 1. The van der Waals surface area contributed by atoms with Gasteiger partial charge in [-0.25, -0.2) is 10.1 Å². The van der Waals surface area contributed by atoms with E-state index in [9.17, 15) is 25.0 Å². The third-order valence-corrected chi connectivity index (χ3v) is 4.40. The molecular weight excluding hydrogens is 452 g/mol. The molecule has 34 heavy (non-hydrogen) atoms. The van der Waals surface area contributed by atoms with Gasteiger partial charge in [-0.1, -0.05) is 17.3 Å². The summed E-state index contributed by atoms with van der Waals surface area (Å²) in [6.45, 7) is 0. The van der Waals surface area contributed by atoms with Gasteiger partial charge < -0.3 is 5.73 Å². The van der Waals surface area contributed by atoms with Gasteiger partial charge in [0.25, 0.3) is 17.3 Å². The number of hydrogen-bond acceptors (Lipinski definition) is 12. The maximum Gasteiger partial charge on any atom is 0.294 e. The fourth-order valence-corrected chi connectivity index (χ4v) is 2.85. The molecule has 2 heterocycles. The number of non-ortho nitro benzene ring substituents is 2. The van der Waals surface area contributed by atoms with Crippen LogP contribution in [0.5, 0.6) is 0 Å². The van der Waals surface area contributed by atoms with E-state index in [-0.39, 0.29) is 40.0 Å². The monoisotopic (exact) mass is 464 g/mol. The molecule has 0 saturated heterocycles. The van der Waals surface area contributed by atoms with Crippen LogP contribution in [0.1, 0.15) is 16.1 Å². The highest BCUT2D eigenvalue weighted by atomic mass is 16.6. The quantitative estimate of drug-likeness (QED) is 0.226. The van der Waals surface area contributed by atoms with Gasteiger partial charge in [-0.15, -0.1) is 5.10 Å². The third-order valence-electron chi connectivity index (χ3n) is 4.40. The zero-order chi connectivity index (χ0) is 24.2. The number of carbonyl (C=O) groups is 1. The molecule has 3 N–H and O–H groups in total. The smallest absolute Gasteiger partial charge is 0.294 e. The van der Waals surface area contributed by atoms with Gasteiger partial charge in [0.1, 0.15) is 5.69 Å². The molecule has 4 aromatic rings. The van der Waals surface area contributed by atoms with Crippen LogP contribution >= 0.6 is 0 Å². The standard InChI is InChI=1S/C18H12N10O6/c19-16-17(24-34-23-16)26-15(11-2-1-3-13(8-11)28(32)33)14(21-25-26)18(29)22-20-9-10-4-6-12(7-5-10)27(30)31/h1-9H,(H2,19,23)(H,22,29)/b20-9-. The van der Waals surface area contributed by atoms with Gasteiger partial charge in [0.2, 0.25) is 11.6 Å². The molecule has 0 aliphatic carbocycles. The van der Waals surface area contributed by atoms with Crippen molar-refractivity contribution in [2.75, 3.05) is 5.73 Å². The maximum atomic E-state index is 12.8. The van der Waals surface area contributed by atoms with Crippen molar-refractivity contribution < 1.29 is 19.3 Å². The molecule has 0 aliphatic heterocycles. The first-order chi connectivity index (χ1) is 16.3. The maximum absolute atomic E-state index is 12.8. The number of hydrogen-bond donors (Lipinski definition) is 2.